The Bertz CT molecular complexity index is 1090. The number of carbonyl (C=O) groups excluding carboxylic acids is 1. The summed E-state index contributed by atoms with van der Waals surface area (Å²) >= 11 is 0. The third-order valence-electron chi connectivity index (χ3n) is 6.13. The highest BCUT2D eigenvalue weighted by molar-refractivity contribution is 5.84. The van der Waals surface area contributed by atoms with Gasteiger partial charge in [0.15, 0.2) is 0 Å². The van der Waals surface area contributed by atoms with Gasteiger partial charge in [0.25, 0.3) is 0 Å². The number of nitrogens with zero attached hydrogens (tertiary/aromatic N) is 3. The minimum absolute atomic E-state index is 0.233. The summed E-state index contributed by atoms with van der Waals surface area (Å²) in [6.07, 6.45) is 1.65. The molecular formula is C28H39F2N5O2. The highest BCUT2D eigenvalue weighted by atomic mass is 19.1. The van der Waals surface area contributed by atoms with Crippen molar-refractivity contribution >= 4 is 12.1 Å². The molecule has 3 N–H and O–H groups in total. The number of hydrogen-bond acceptors (Lipinski definition) is 5. The lowest BCUT2D eigenvalue weighted by atomic mass is 9.98. The van der Waals surface area contributed by atoms with E-state index in [9.17, 15) is 13.6 Å². The van der Waals surface area contributed by atoms with Crippen molar-refractivity contribution in [2.24, 2.45) is 5.73 Å². The van der Waals surface area contributed by atoms with E-state index in [0.29, 0.717) is 13.0 Å². The zero-order valence-corrected chi connectivity index (χ0v) is 22.4. The topological polar surface area (TPSA) is 85.4 Å². The van der Waals surface area contributed by atoms with Gasteiger partial charge in [-0.2, -0.15) is 5.10 Å². The van der Waals surface area contributed by atoms with Gasteiger partial charge in [-0.3, -0.25) is 9.48 Å². The van der Waals surface area contributed by atoms with Crippen molar-refractivity contribution < 1.29 is 18.3 Å². The molecule has 1 atom stereocenters. The average Bonchev–Trinajstić information content (AvgIpc) is 3.50. The van der Waals surface area contributed by atoms with Gasteiger partial charge in [-0.1, -0.05) is 30.3 Å². The molecule has 1 unspecified atom stereocenters. The summed E-state index contributed by atoms with van der Waals surface area (Å²) in [5.41, 5.74) is 8.83. The van der Waals surface area contributed by atoms with Gasteiger partial charge >= 0.3 is 0 Å². The van der Waals surface area contributed by atoms with Crippen molar-refractivity contribution in [3.8, 4) is 11.3 Å². The Balaban J connectivity index is 0.000000244. The minimum atomic E-state index is -0.490. The van der Waals surface area contributed by atoms with Crippen molar-refractivity contribution in [1.29, 1.82) is 0 Å². The van der Waals surface area contributed by atoms with E-state index < -0.39 is 11.6 Å². The number of hydrogen-bond donors (Lipinski definition) is 2. The van der Waals surface area contributed by atoms with Crippen LogP contribution in [0.1, 0.15) is 43.5 Å². The molecule has 1 fully saturated rings. The molecule has 0 bridgehead atoms. The van der Waals surface area contributed by atoms with Crippen LogP contribution in [-0.2, 0) is 9.53 Å². The largest absolute Gasteiger partial charge is 0.383 e. The zero-order chi connectivity index (χ0) is 27.4. The van der Waals surface area contributed by atoms with Gasteiger partial charge in [-0.15, -0.1) is 0 Å². The van der Waals surface area contributed by atoms with Crippen LogP contribution < -0.4 is 11.1 Å². The molecule has 0 aliphatic carbocycles. The summed E-state index contributed by atoms with van der Waals surface area (Å²) in [5, 5.41) is 7.35. The molecule has 2 heterocycles. The van der Waals surface area contributed by atoms with Gasteiger partial charge in [0.2, 0.25) is 6.41 Å². The lowest BCUT2D eigenvalue weighted by Gasteiger charge is -2.15. The molecular weight excluding hydrogens is 476 g/mol. The van der Waals surface area contributed by atoms with Gasteiger partial charge < -0.3 is 20.7 Å². The third kappa shape index (κ3) is 8.45. The van der Waals surface area contributed by atoms with Crippen LogP contribution in [0.25, 0.3) is 11.3 Å². The number of halogens is 2. The molecule has 0 spiro atoms. The standard InChI is InChI=1S/C14H17N3O.C13H17F2NO.CH5N/c1-10(2)17-11(3)13(15-9-18)14(16-17)12-7-5-4-6-8-12;1-17-5-4-16-3-2-10(9-16)11-6-12(14)8-13(15)7-11;1-2/h4-10H,1-3H3,(H,15,18);6-8,10H,2-5,9H2,1H3;2H2,1H3. The number of likely N-dealkylation sites (tertiary alicyclic amines) is 1. The molecule has 1 saturated heterocycles. The highest BCUT2D eigenvalue weighted by Gasteiger charge is 2.24. The van der Waals surface area contributed by atoms with Crippen LogP contribution in [0.4, 0.5) is 14.5 Å². The number of methoxy groups -OCH3 is 1. The average molecular weight is 516 g/mol. The fourth-order valence-corrected chi connectivity index (χ4v) is 4.39. The Kier molecular flexibility index (Phi) is 12.4. The van der Waals surface area contributed by atoms with Crippen molar-refractivity contribution in [2.75, 3.05) is 45.7 Å². The normalized spacial score (nSPS) is 15.0. The van der Waals surface area contributed by atoms with E-state index in [0.717, 1.165) is 60.3 Å². The van der Waals surface area contributed by atoms with E-state index in [1.807, 2.05) is 41.9 Å². The Labute approximate surface area is 218 Å². The summed E-state index contributed by atoms with van der Waals surface area (Å²) in [7, 11) is 3.18. The van der Waals surface area contributed by atoms with Gasteiger partial charge in [-0.25, -0.2) is 8.78 Å². The molecule has 7 nitrogen and oxygen atoms in total. The summed E-state index contributed by atoms with van der Waals surface area (Å²) in [6, 6.07) is 13.9. The molecule has 1 amide bonds. The predicted octanol–water partition coefficient (Wildman–Crippen LogP) is 4.98. The highest BCUT2D eigenvalue weighted by Crippen LogP contribution is 2.31. The first-order valence-corrected chi connectivity index (χ1v) is 12.4. The number of amides is 1. The molecule has 202 valence electrons. The molecule has 2 aromatic carbocycles. The van der Waals surface area contributed by atoms with E-state index >= 15 is 0 Å². The first kappa shape index (κ1) is 30.1. The van der Waals surface area contributed by atoms with Crippen molar-refractivity contribution in [3.05, 3.63) is 71.4 Å². The molecule has 0 saturated carbocycles. The maximum Gasteiger partial charge on any atom is 0.211 e. The molecule has 9 heteroatoms. The molecule has 1 aliphatic rings. The van der Waals surface area contributed by atoms with Crippen molar-refractivity contribution in [1.82, 2.24) is 14.7 Å². The van der Waals surface area contributed by atoms with E-state index in [2.05, 4.69) is 34.9 Å². The summed E-state index contributed by atoms with van der Waals surface area (Å²) in [5.74, 6) is -0.747. The van der Waals surface area contributed by atoms with Crippen molar-refractivity contribution in [2.45, 2.75) is 39.2 Å². The Morgan fingerprint density at radius 1 is 1.16 bits per heavy atom. The third-order valence-corrected chi connectivity index (χ3v) is 6.13. The Hall–Kier alpha value is -3.14. The van der Waals surface area contributed by atoms with E-state index in [4.69, 9.17) is 4.74 Å². The number of rotatable bonds is 8. The number of benzene rings is 2. The second kappa shape index (κ2) is 15.2. The van der Waals surface area contributed by atoms with E-state index in [1.54, 1.807) is 7.11 Å². The number of nitrogens with two attached hydrogens (primary N) is 1. The maximum atomic E-state index is 13.1. The van der Waals surface area contributed by atoms with Gasteiger partial charge in [0.05, 0.1) is 18.0 Å². The van der Waals surface area contributed by atoms with Gasteiger partial charge in [0, 0.05) is 37.9 Å². The minimum Gasteiger partial charge on any atom is -0.383 e. The monoisotopic (exact) mass is 515 g/mol. The first-order chi connectivity index (χ1) is 17.8. The lowest BCUT2D eigenvalue weighted by molar-refractivity contribution is -0.105. The van der Waals surface area contributed by atoms with Crippen molar-refractivity contribution in [3.63, 3.8) is 0 Å². The zero-order valence-electron chi connectivity index (χ0n) is 22.4. The molecule has 3 aromatic rings. The van der Waals surface area contributed by atoms with E-state index in [1.165, 1.54) is 19.2 Å². The smallest absolute Gasteiger partial charge is 0.211 e. The SMILES string of the molecule is CN.COCCN1CCC(c2cc(F)cc(F)c2)C1.Cc1c(NC=O)c(-c2ccccc2)nn1C(C)C. The number of ether oxygens (including phenoxy) is 1. The second-order valence-corrected chi connectivity index (χ2v) is 8.96. The number of aromatic nitrogens is 2. The number of anilines is 1. The molecule has 1 aromatic heterocycles. The van der Waals surface area contributed by atoms with Crippen LogP contribution in [0.2, 0.25) is 0 Å². The molecule has 1 aliphatic heterocycles. The van der Waals surface area contributed by atoms with Crippen LogP contribution in [-0.4, -0.2) is 61.5 Å². The summed E-state index contributed by atoms with van der Waals surface area (Å²) < 4.78 is 33.2. The van der Waals surface area contributed by atoms with Crippen LogP contribution in [0.5, 0.6) is 0 Å². The quantitative estimate of drug-likeness (QED) is 0.413. The van der Waals surface area contributed by atoms with Gasteiger partial charge in [-0.05, 0) is 64.4 Å². The number of carbonyl (C=O) groups is 1. The second-order valence-electron chi connectivity index (χ2n) is 8.96. The Morgan fingerprint density at radius 3 is 2.38 bits per heavy atom. The van der Waals surface area contributed by atoms with E-state index in [-0.39, 0.29) is 12.0 Å². The van der Waals surface area contributed by atoms with Gasteiger partial charge in [0.1, 0.15) is 17.3 Å². The molecule has 0 radical (unpaired) electrons. The fraction of sp³-hybridized carbons (Fsp3) is 0.429. The summed E-state index contributed by atoms with van der Waals surface area (Å²) in [4.78, 5) is 13.0. The maximum absolute atomic E-state index is 13.1. The van der Waals surface area contributed by atoms with Crippen LogP contribution >= 0.6 is 0 Å². The van der Waals surface area contributed by atoms with Crippen LogP contribution in [0.15, 0.2) is 48.5 Å². The van der Waals surface area contributed by atoms with Crippen LogP contribution in [0, 0.1) is 18.6 Å². The fourth-order valence-electron chi connectivity index (χ4n) is 4.39. The first-order valence-electron chi connectivity index (χ1n) is 12.4. The summed E-state index contributed by atoms with van der Waals surface area (Å²) in [6.45, 7) is 9.50. The number of nitrogens with one attached hydrogen (secondary N) is 1. The predicted molar refractivity (Wildman–Crippen MR) is 145 cm³/mol. The molecule has 37 heavy (non-hydrogen) atoms. The van der Waals surface area contributed by atoms with Crippen LogP contribution in [0.3, 0.4) is 0 Å². The lowest BCUT2D eigenvalue weighted by Crippen LogP contribution is -2.24. The molecule has 4 rings (SSSR count). The Morgan fingerprint density at radius 2 is 1.81 bits per heavy atom.